The fourth-order valence-corrected chi connectivity index (χ4v) is 2.51. The average Bonchev–Trinajstić information content (AvgIpc) is 2.34. The Labute approximate surface area is 144 Å². The third-order valence-electron chi connectivity index (χ3n) is 2.91. The molecule has 0 aliphatic carbocycles. The number of carbonyl (C=O) groups is 1. The largest absolute Gasteiger partial charge is 1.00 e. The van der Waals surface area contributed by atoms with Crippen molar-refractivity contribution in [1.82, 2.24) is 5.32 Å². The zero-order chi connectivity index (χ0) is 14.7. The van der Waals surface area contributed by atoms with Gasteiger partial charge in [0, 0.05) is 0 Å². The minimum absolute atomic E-state index is 0. The van der Waals surface area contributed by atoms with Gasteiger partial charge in [0.25, 0.3) is 0 Å². The summed E-state index contributed by atoms with van der Waals surface area (Å²) in [5.41, 5.74) is 0. The number of carbonyl (C=O) groups excluding carboxylic acids is 1. The van der Waals surface area contributed by atoms with Crippen molar-refractivity contribution in [3.05, 3.63) is 12.7 Å². The molecule has 5 nitrogen and oxygen atoms in total. The van der Waals surface area contributed by atoms with Crippen LogP contribution in [0.4, 0.5) is 0 Å². The summed E-state index contributed by atoms with van der Waals surface area (Å²) in [5, 5.41) is 0.821. The second kappa shape index (κ2) is 12.8. The molecule has 0 spiro atoms. The summed E-state index contributed by atoms with van der Waals surface area (Å²) in [6.07, 6.45) is 8.37. The second-order valence-corrected chi connectivity index (χ2v) is 6.16. The Kier molecular flexibility index (Phi) is 14.4. The molecule has 112 valence electrons. The molecule has 0 heterocycles. The maximum atomic E-state index is 11.0. The number of hydrogen-bond acceptors (Lipinski definition) is 4. The first-order valence-electron chi connectivity index (χ1n) is 6.79. The summed E-state index contributed by atoms with van der Waals surface area (Å²) < 4.78 is 33.0. The summed E-state index contributed by atoms with van der Waals surface area (Å²) in [5.74, 6) is -0.632. The van der Waals surface area contributed by atoms with Crippen LogP contribution in [-0.2, 0) is 14.9 Å². The molecule has 1 N–H and O–H groups in total. The van der Waals surface area contributed by atoms with Gasteiger partial charge in [-0.25, -0.2) is 8.42 Å². The Morgan fingerprint density at radius 1 is 1.20 bits per heavy atom. The van der Waals surface area contributed by atoms with E-state index in [0.717, 1.165) is 25.3 Å². The first-order chi connectivity index (χ1) is 8.91. The van der Waals surface area contributed by atoms with Gasteiger partial charge in [-0.3, -0.25) is 4.79 Å². The summed E-state index contributed by atoms with van der Waals surface area (Å²) in [4.78, 5) is 11.0. The van der Waals surface area contributed by atoms with Crippen molar-refractivity contribution in [2.45, 2.75) is 63.7 Å². The van der Waals surface area contributed by atoms with E-state index in [0.29, 0.717) is 6.42 Å². The number of amides is 1. The van der Waals surface area contributed by atoms with Gasteiger partial charge in [-0.1, -0.05) is 58.4 Å². The van der Waals surface area contributed by atoms with Crippen molar-refractivity contribution in [3.8, 4) is 0 Å². The Morgan fingerprint density at radius 2 is 1.70 bits per heavy atom. The van der Waals surface area contributed by atoms with Crippen LogP contribution in [0.2, 0.25) is 0 Å². The first-order valence-corrected chi connectivity index (χ1v) is 8.26. The number of nitrogens with one attached hydrogen (secondary N) is 1. The fourth-order valence-electron chi connectivity index (χ4n) is 1.79. The maximum Gasteiger partial charge on any atom is 1.00 e. The molecule has 0 bridgehead atoms. The van der Waals surface area contributed by atoms with Crippen LogP contribution in [0.15, 0.2) is 12.7 Å². The molecule has 0 rings (SSSR count). The quantitative estimate of drug-likeness (QED) is 0.237. The SMILES string of the molecule is C=CC(=O)NC(CCCCCCCCC)S(=O)(=O)[O-].[Na+]. The van der Waals surface area contributed by atoms with Gasteiger partial charge in [-0.05, 0) is 12.5 Å². The van der Waals surface area contributed by atoms with E-state index in [2.05, 4.69) is 18.8 Å². The van der Waals surface area contributed by atoms with Crippen LogP contribution < -0.4 is 34.9 Å². The molecule has 0 aliphatic heterocycles. The molecule has 0 fully saturated rings. The van der Waals surface area contributed by atoms with Gasteiger partial charge in [-0.15, -0.1) is 0 Å². The molecular weight excluding hydrogens is 289 g/mol. The molecule has 0 aromatic carbocycles. The molecule has 1 atom stereocenters. The third kappa shape index (κ3) is 11.9. The predicted octanol–water partition coefficient (Wildman–Crippen LogP) is -0.695. The molecule has 0 aromatic heterocycles. The van der Waals surface area contributed by atoms with E-state index in [1.807, 2.05) is 0 Å². The Bertz CT molecular complexity index is 371. The zero-order valence-corrected chi connectivity index (χ0v) is 15.4. The van der Waals surface area contributed by atoms with Crippen molar-refractivity contribution in [2.75, 3.05) is 0 Å². The van der Waals surface area contributed by atoms with E-state index < -0.39 is 21.4 Å². The van der Waals surface area contributed by atoms with Gasteiger partial charge in [-0.2, -0.15) is 0 Å². The van der Waals surface area contributed by atoms with Crippen molar-refractivity contribution in [3.63, 3.8) is 0 Å². The molecule has 20 heavy (non-hydrogen) atoms. The van der Waals surface area contributed by atoms with Gasteiger partial charge in [0.1, 0.15) is 15.5 Å². The molecule has 1 amide bonds. The van der Waals surface area contributed by atoms with Crippen molar-refractivity contribution in [2.24, 2.45) is 0 Å². The Balaban J connectivity index is 0. The van der Waals surface area contributed by atoms with Crippen LogP contribution in [-0.4, -0.2) is 24.3 Å². The fraction of sp³-hybridized carbons (Fsp3) is 0.769. The molecule has 0 aromatic rings. The predicted molar refractivity (Wildman–Crippen MR) is 74.4 cm³/mol. The van der Waals surface area contributed by atoms with Crippen LogP contribution in [0.3, 0.4) is 0 Å². The smallest absolute Gasteiger partial charge is 0.746 e. The van der Waals surface area contributed by atoms with Crippen LogP contribution >= 0.6 is 0 Å². The molecular formula is C13H24NNaO4S. The summed E-state index contributed by atoms with van der Waals surface area (Å²) >= 11 is 0. The molecule has 0 aliphatic rings. The van der Waals surface area contributed by atoms with Crippen molar-refractivity contribution >= 4 is 16.0 Å². The third-order valence-corrected chi connectivity index (χ3v) is 3.96. The Hall–Kier alpha value is 0.120. The van der Waals surface area contributed by atoms with Crippen molar-refractivity contribution in [1.29, 1.82) is 0 Å². The standard InChI is InChI=1S/C13H25NO4S.Na/c1-3-5-6-7-8-9-10-11-13(19(16,17)18)14-12(15)4-2;/h4,13H,2-3,5-11H2,1H3,(H,14,15)(H,16,17,18);/q;+1/p-1. The van der Waals surface area contributed by atoms with E-state index >= 15 is 0 Å². The van der Waals surface area contributed by atoms with Crippen LogP contribution in [0.1, 0.15) is 58.3 Å². The molecule has 1 unspecified atom stereocenters. The monoisotopic (exact) mass is 313 g/mol. The van der Waals surface area contributed by atoms with Gasteiger partial charge >= 0.3 is 29.6 Å². The van der Waals surface area contributed by atoms with Crippen LogP contribution in [0.25, 0.3) is 0 Å². The topological polar surface area (TPSA) is 86.3 Å². The van der Waals surface area contributed by atoms with Gasteiger partial charge in [0.2, 0.25) is 5.91 Å². The van der Waals surface area contributed by atoms with E-state index in [4.69, 9.17) is 0 Å². The second-order valence-electron chi connectivity index (χ2n) is 4.60. The van der Waals surface area contributed by atoms with E-state index in [1.165, 1.54) is 19.3 Å². The van der Waals surface area contributed by atoms with Crippen molar-refractivity contribution < 1.29 is 47.3 Å². The van der Waals surface area contributed by atoms with E-state index in [9.17, 15) is 17.8 Å². The minimum atomic E-state index is -4.50. The van der Waals surface area contributed by atoms with Gasteiger partial charge < -0.3 is 9.87 Å². The number of hydrogen-bond donors (Lipinski definition) is 1. The maximum absolute atomic E-state index is 11.0. The van der Waals surface area contributed by atoms with Crippen LogP contribution in [0.5, 0.6) is 0 Å². The molecule has 0 saturated carbocycles. The minimum Gasteiger partial charge on any atom is -0.746 e. The molecule has 0 radical (unpaired) electrons. The van der Waals surface area contributed by atoms with E-state index in [-0.39, 0.29) is 36.0 Å². The number of rotatable bonds is 11. The van der Waals surface area contributed by atoms with E-state index in [1.54, 1.807) is 0 Å². The average molecular weight is 313 g/mol. The Morgan fingerprint density at radius 3 is 2.15 bits per heavy atom. The zero-order valence-electron chi connectivity index (χ0n) is 12.6. The number of unbranched alkanes of at least 4 members (excludes halogenated alkanes) is 6. The van der Waals surface area contributed by atoms with Gasteiger partial charge in [0.05, 0.1) is 0 Å². The molecule has 0 saturated heterocycles. The summed E-state index contributed by atoms with van der Waals surface area (Å²) in [7, 11) is -4.50. The normalized spacial score (nSPS) is 12.3. The summed E-state index contributed by atoms with van der Waals surface area (Å²) in [6.45, 7) is 5.37. The summed E-state index contributed by atoms with van der Waals surface area (Å²) in [6, 6.07) is 0. The molecule has 7 heteroatoms. The van der Waals surface area contributed by atoms with Gasteiger partial charge in [0.15, 0.2) is 0 Å². The van der Waals surface area contributed by atoms with Crippen LogP contribution in [0, 0.1) is 0 Å². The first kappa shape index (κ1) is 22.4.